The molecule has 0 heterocycles. The number of hydrogen-bond donors (Lipinski definition) is 0. The predicted molar refractivity (Wildman–Crippen MR) is 47.8 cm³/mol. The van der Waals surface area contributed by atoms with E-state index in [9.17, 15) is 14.7 Å². The fraction of sp³-hybridized carbons (Fsp3) is 0.600. The highest BCUT2D eigenvalue weighted by Gasteiger charge is 2.16. The molecule has 0 atom stereocenters. The lowest BCUT2D eigenvalue weighted by molar-refractivity contribution is -0.145. The number of ether oxygens (including phenoxy) is 1. The van der Waals surface area contributed by atoms with Crippen LogP contribution in [0.5, 0.6) is 0 Å². The number of rotatable bonds is 3. The molecule has 0 aromatic carbocycles. The lowest BCUT2D eigenvalue weighted by Gasteiger charge is -2.20. The molecule has 4 nitrogen and oxygen atoms in total. The van der Waals surface area contributed by atoms with Gasteiger partial charge in [0, 0.05) is 12.2 Å². The summed E-state index contributed by atoms with van der Waals surface area (Å²) in [7, 11) is 0. The van der Waals surface area contributed by atoms with E-state index in [4.69, 9.17) is 4.74 Å². The first kappa shape index (κ1) is 10.8. The lowest BCUT2D eigenvalue weighted by Crippen LogP contribution is -2.19. The average Bonchev–Trinajstić information content (AvgIpc) is 2.16. The smallest absolute Gasteiger partial charge is 0.379 e. The molecule has 0 unspecified atom stereocenters. The Morgan fingerprint density at radius 2 is 1.71 bits per heavy atom. The molecular weight excluding hydrogens is 184 g/mol. The van der Waals surface area contributed by atoms with Crippen LogP contribution in [-0.2, 0) is 19.4 Å². The largest absolute Gasteiger partial charge is 0.459 e. The van der Waals surface area contributed by atoms with Crippen LogP contribution in [0.2, 0.25) is 0 Å². The molecule has 1 aliphatic carbocycles. The highest BCUT2D eigenvalue weighted by Crippen LogP contribution is 2.20. The molecule has 1 saturated carbocycles. The van der Waals surface area contributed by atoms with E-state index in [1.807, 2.05) is 0 Å². The third-order valence-electron chi connectivity index (χ3n) is 2.19. The Kier molecular flexibility index (Phi) is 4.16. The highest BCUT2D eigenvalue weighted by molar-refractivity contribution is 5.90. The number of carbonyl (C=O) groups is 2. The van der Waals surface area contributed by atoms with Gasteiger partial charge in [0.25, 0.3) is 0 Å². The van der Waals surface area contributed by atoms with Crippen molar-refractivity contribution in [2.24, 2.45) is 0 Å². The van der Waals surface area contributed by atoms with Gasteiger partial charge >= 0.3 is 11.9 Å². The van der Waals surface area contributed by atoms with Crippen LogP contribution in [0.25, 0.3) is 0 Å². The van der Waals surface area contributed by atoms with Crippen LogP contribution in [0.15, 0.2) is 12.2 Å². The number of esters is 1. The topological polar surface area (TPSA) is 63.3 Å². The van der Waals surface area contributed by atoms with E-state index in [0.717, 1.165) is 31.8 Å². The Balaban J connectivity index is 2.28. The minimum absolute atomic E-state index is 0.0392. The summed E-state index contributed by atoms with van der Waals surface area (Å²) in [6, 6.07) is 0. The van der Waals surface area contributed by atoms with E-state index in [-0.39, 0.29) is 6.10 Å². The average molecular weight is 197 g/mol. The summed E-state index contributed by atoms with van der Waals surface area (Å²) in [6.45, 7) is 0. The maximum atomic E-state index is 11.0. The molecule has 0 amide bonds. The molecule has 0 spiro atoms. The van der Waals surface area contributed by atoms with Crippen LogP contribution in [0, 0.1) is 0 Å². The van der Waals surface area contributed by atoms with Crippen molar-refractivity contribution in [2.45, 2.75) is 38.2 Å². The van der Waals surface area contributed by atoms with Gasteiger partial charge in [-0.1, -0.05) is 6.42 Å². The van der Waals surface area contributed by atoms with Crippen molar-refractivity contribution in [3.63, 3.8) is 0 Å². The first-order chi connectivity index (χ1) is 6.68. The number of hydrogen-bond acceptors (Lipinski definition) is 3. The summed E-state index contributed by atoms with van der Waals surface area (Å²) in [6.07, 6.45) is 6.63. The van der Waals surface area contributed by atoms with E-state index in [2.05, 4.69) is 0 Å². The van der Waals surface area contributed by atoms with Gasteiger partial charge in [0.2, 0.25) is 0 Å². The first-order valence-corrected chi connectivity index (χ1v) is 4.78. The third-order valence-corrected chi connectivity index (χ3v) is 2.19. The molecule has 1 rings (SSSR count). The second kappa shape index (κ2) is 5.42. The zero-order valence-electron chi connectivity index (χ0n) is 7.90. The van der Waals surface area contributed by atoms with Crippen LogP contribution < -0.4 is 0 Å². The van der Waals surface area contributed by atoms with Gasteiger partial charge < -0.3 is 4.74 Å². The fourth-order valence-electron chi connectivity index (χ4n) is 1.52. The standard InChI is InChI=1S/C10H13O4/c11-9(12)6-7-10(13)14-8-4-2-1-3-5-8/h6-8H,1-5H2/b7-6+. The molecule has 0 aromatic rings. The van der Waals surface area contributed by atoms with Crippen LogP contribution in [0.3, 0.4) is 0 Å². The molecule has 1 radical (unpaired) electrons. The van der Waals surface area contributed by atoms with Crippen molar-refractivity contribution in [3.8, 4) is 0 Å². The molecule has 0 saturated heterocycles. The Bertz CT molecular complexity index is 239. The maximum Gasteiger partial charge on any atom is 0.379 e. The van der Waals surface area contributed by atoms with E-state index >= 15 is 0 Å². The molecule has 1 aliphatic rings. The zero-order valence-corrected chi connectivity index (χ0v) is 7.90. The molecule has 0 aromatic heterocycles. The summed E-state index contributed by atoms with van der Waals surface area (Å²) in [5.74, 6) is -1.98. The Morgan fingerprint density at radius 3 is 2.29 bits per heavy atom. The van der Waals surface area contributed by atoms with Crippen LogP contribution in [0.4, 0.5) is 0 Å². The van der Waals surface area contributed by atoms with Gasteiger partial charge in [-0.15, -0.1) is 0 Å². The van der Waals surface area contributed by atoms with E-state index in [1.165, 1.54) is 6.42 Å². The molecule has 14 heavy (non-hydrogen) atoms. The highest BCUT2D eigenvalue weighted by atomic mass is 16.5. The minimum atomic E-state index is -1.38. The zero-order chi connectivity index (χ0) is 10.4. The second-order valence-electron chi connectivity index (χ2n) is 3.35. The molecule has 0 bridgehead atoms. The van der Waals surface area contributed by atoms with Gasteiger partial charge in [0.15, 0.2) is 0 Å². The summed E-state index contributed by atoms with van der Waals surface area (Å²) in [5, 5.41) is 9.99. The van der Waals surface area contributed by atoms with Crippen molar-refractivity contribution in [1.82, 2.24) is 0 Å². The Labute approximate surface area is 82.6 Å². The summed E-state index contributed by atoms with van der Waals surface area (Å²) < 4.78 is 5.02. The quantitative estimate of drug-likeness (QED) is 0.507. The predicted octanol–water partition coefficient (Wildman–Crippen LogP) is 1.38. The summed E-state index contributed by atoms with van der Waals surface area (Å²) in [5.41, 5.74) is 0. The number of carbonyl (C=O) groups excluding carboxylic acids is 2. The maximum absolute atomic E-state index is 11.0. The second-order valence-corrected chi connectivity index (χ2v) is 3.35. The van der Waals surface area contributed by atoms with Gasteiger partial charge in [-0.05, 0) is 25.7 Å². The van der Waals surface area contributed by atoms with Gasteiger partial charge in [-0.2, -0.15) is 0 Å². The van der Waals surface area contributed by atoms with E-state index in [1.54, 1.807) is 0 Å². The summed E-state index contributed by atoms with van der Waals surface area (Å²) in [4.78, 5) is 21.0. The van der Waals surface area contributed by atoms with Gasteiger partial charge in [0.1, 0.15) is 6.10 Å². The molecule has 4 heteroatoms. The fourth-order valence-corrected chi connectivity index (χ4v) is 1.52. The normalized spacial score (nSPS) is 18.3. The minimum Gasteiger partial charge on any atom is -0.459 e. The van der Waals surface area contributed by atoms with Crippen molar-refractivity contribution in [3.05, 3.63) is 12.2 Å². The van der Waals surface area contributed by atoms with Crippen molar-refractivity contribution < 1.29 is 19.4 Å². The lowest BCUT2D eigenvalue weighted by atomic mass is 9.98. The van der Waals surface area contributed by atoms with Gasteiger partial charge in [-0.3, -0.25) is 0 Å². The van der Waals surface area contributed by atoms with E-state index in [0.29, 0.717) is 6.08 Å². The summed E-state index contributed by atoms with van der Waals surface area (Å²) >= 11 is 0. The van der Waals surface area contributed by atoms with Crippen molar-refractivity contribution >= 4 is 11.9 Å². The molecule has 77 valence electrons. The monoisotopic (exact) mass is 197 g/mol. The van der Waals surface area contributed by atoms with Crippen LogP contribution >= 0.6 is 0 Å². The van der Waals surface area contributed by atoms with Crippen molar-refractivity contribution in [1.29, 1.82) is 0 Å². The van der Waals surface area contributed by atoms with Crippen molar-refractivity contribution in [2.75, 3.05) is 0 Å². The molecular formula is C10H13O4. The van der Waals surface area contributed by atoms with Crippen LogP contribution in [-0.4, -0.2) is 18.0 Å². The van der Waals surface area contributed by atoms with Gasteiger partial charge in [0.05, 0.1) is 0 Å². The molecule has 1 fully saturated rings. The Morgan fingerprint density at radius 1 is 1.07 bits per heavy atom. The SMILES string of the molecule is [O]C(=O)/C=C/C(=O)OC1CCCCC1. The molecule has 0 N–H and O–H groups in total. The van der Waals surface area contributed by atoms with Gasteiger partial charge in [-0.25, -0.2) is 14.7 Å². The Hall–Kier alpha value is -1.32. The first-order valence-electron chi connectivity index (χ1n) is 4.78. The molecule has 0 aliphatic heterocycles. The van der Waals surface area contributed by atoms with Crippen LogP contribution in [0.1, 0.15) is 32.1 Å². The van der Waals surface area contributed by atoms with E-state index < -0.39 is 11.9 Å². The third kappa shape index (κ3) is 4.07.